The summed E-state index contributed by atoms with van der Waals surface area (Å²) < 4.78 is 10.9. The lowest BCUT2D eigenvalue weighted by atomic mass is 10.3. The van der Waals surface area contributed by atoms with Crippen molar-refractivity contribution in [1.82, 2.24) is 10.3 Å². The van der Waals surface area contributed by atoms with Crippen LogP contribution in [-0.2, 0) is 14.3 Å². The van der Waals surface area contributed by atoms with Crippen LogP contribution in [0.2, 0.25) is 0 Å². The van der Waals surface area contributed by atoms with E-state index in [9.17, 15) is 4.79 Å². The fraction of sp³-hybridized carbons (Fsp3) is 0.647. The molecule has 0 aliphatic carbocycles. The highest BCUT2D eigenvalue weighted by Gasteiger charge is 2.14. The molecule has 26 heavy (non-hydrogen) atoms. The van der Waals surface area contributed by atoms with Gasteiger partial charge in [0.2, 0.25) is 5.91 Å². The van der Waals surface area contributed by atoms with Crippen molar-refractivity contribution in [3.63, 3.8) is 0 Å². The van der Waals surface area contributed by atoms with Crippen molar-refractivity contribution in [2.45, 2.75) is 37.2 Å². The number of ether oxygens (including phenoxy) is 2. The molecule has 0 saturated carbocycles. The molecule has 2 atom stereocenters. The van der Waals surface area contributed by atoms with Gasteiger partial charge in [0.15, 0.2) is 6.29 Å². The molecule has 148 valence electrons. The molecule has 0 aliphatic heterocycles. The maximum absolute atomic E-state index is 11.8. The van der Waals surface area contributed by atoms with Gasteiger partial charge < -0.3 is 19.9 Å². The minimum atomic E-state index is -0.361. The van der Waals surface area contributed by atoms with Gasteiger partial charge in [0, 0.05) is 43.5 Å². The summed E-state index contributed by atoms with van der Waals surface area (Å²) >= 11 is 1.61. The Morgan fingerprint density at radius 3 is 2.88 bits per heavy atom. The number of carbonyl (C=O) groups excluding carboxylic acids is 1. The molecule has 0 saturated heterocycles. The van der Waals surface area contributed by atoms with Gasteiger partial charge in [0.05, 0.1) is 12.7 Å². The summed E-state index contributed by atoms with van der Waals surface area (Å²) in [6, 6.07) is 5.82. The van der Waals surface area contributed by atoms with E-state index in [1.165, 1.54) is 0 Å². The lowest BCUT2D eigenvalue weighted by molar-refractivity contribution is -0.151. The number of amides is 1. The Bertz CT molecular complexity index is 478. The van der Waals surface area contributed by atoms with Crippen molar-refractivity contribution in [2.75, 3.05) is 37.5 Å². The van der Waals surface area contributed by atoms with E-state index < -0.39 is 0 Å². The summed E-state index contributed by atoms with van der Waals surface area (Å²) in [5, 5.41) is 13.0. The summed E-state index contributed by atoms with van der Waals surface area (Å²) in [4.78, 5) is 16.0. The van der Waals surface area contributed by atoms with E-state index >= 15 is 0 Å². The number of nitrogens with one attached hydrogen (secondary N) is 1. The van der Waals surface area contributed by atoms with Gasteiger partial charge in [-0.3, -0.25) is 4.79 Å². The Balaban J connectivity index is 2.02. The number of rotatable bonds is 15. The van der Waals surface area contributed by atoms with Crippen LogP contribution in [-0.4, -0.2) is 65.9 Å². The van der Waals surface area contributed by atoms with Gasteiger partial charge in [-0.25, -0.2) is 4.98 Å². The van der Waals surface area contributed by atoms with E-state index in [0.29, 0.717) is 24.5 Å². The van der Waals surface area contributed by atoms with Crippen LogP contribution in [0.15, 0.2) is 29.4 Å². The third kappa shape index (κ3) is 11.3. The normalized spacial score (nSPS) is 13.3. The second-order valence-electron chi connectivity index (χ2n) is 5.26. The summed E-state index contributed by atoms with van der Waals surface area (Å²) in [5.41, 5.74) is 0. The van der Waals surface area contributed by atoms with Gasteiger partial charge in [-0.1, -0.05) is 23.8 Å². The smallest absolute Gasteiger partial charge is 0.220 e. The molecular formula is C17H28N2O4S3. The van der Waals surface area contributed by atoms with E-state index in [-0.39, 0.29) is 24.9 Å². The van der Waals surface area contributed by atoms with Gasteiger partial charge in [-0.05, 0) is 29.3 Å². The van der Waals surface area contributed by atoms with Crippen molar-refractivity contribution in [2.24, 2.45) is 0 Å². The molecule has 0 bridgehead atoms. The fourth-order valence-corrected chi connectivity index (χ4v) is 4.50. The molecule has 0 aliphatic rings. The highest BCUT2D eigenvalue weighted by Crippen LogP contribution is 2.28. The number of methoxy groups -OCH3 is 1. The first-order valence-corrected chi connectivity index (χ1v) is 12.0. The van der Waals surface area contributed by atoms with Crippen molar-refractivity contribution in [1.29, 1.82) is 0 Å². The molecule has 2 unspecified atom stereocenters. The van der Waals surface area contributed by atoms with Gasteiger partial charge in [0.25, 0.3) is 0 Å². The topological polar surface area (TPSA) is 80.7 Å². The molecule has 2 N–H and O–H groups in total. The van der Waals surface area contributed by atoms with Crippen molar-refractivity contribution < 1.29 is 19.4 Å². The zero-order valence-corrected chi connectivity index (χ0v) is 17.7. The summed E-state index contributed by atoms with van der Waals surface area (Å²) in [6.45, 7) is 2.59. The van der Waals surface area contributed by atoms with Crippen LogP contribution in [0.1, 0.15) is 19.8 Å². The summed E-state index contributed by atoms with van der Waals surface area (Å²) in [5.74, 6) is 2.23. The zero-order chi connectivity index (χ0) is 19.0. The molecule has 0 radical (unpaired) electrons. The highest BCUT2D eigenvalue weighted by molar-refractivity contribution is 8.76. The molecule has 0 spiro atoms. The molecule has 1 heterocycles. The molecule has 1 aromatic heterocycles. The first-order chi connectivity index (χ1) is 12.7. The van der Waals surface area contributed by atoms with E-state index in [4.69, 9.17) is 14.6 Å². The maximum atomic E-state index is 11.8. The molecule has 0 fully saturated rings. The number of aliphatic hydroxyl groups excluding tert-OH is 1. The van der Waals surface area contributed by atoms with E-state index in [1.54, 1.807) is 46.7 Å². The van der Waals surface area contributed by atoms with Gasteiger partial charge in [-0.15, -0.1) is 0 Å². The Morgan fingerprint density at radius 1 is 1.38 bits per heavy atom. The Labute approximate surface area is 168 Å². The van der Waals surface area contributed by atoms with Gasteiger partial charge in [-0.2, -0.15) is 11.8 Å². The van der Waals surface area contributed by atoms with E-state index in [2.05, 4.69) is 10.3 Å². The lowest BCUT2D eigenvalue weighted by Crippen LogP contribution is -2.28. The first-order valence-electron chi connectivity index (χ1n) is 8.53. The quantitative estimate of drug-likeness (QED) is 0.255. The number of hydrogen-bond acceptors (Lipinski definition) is 8. The second-order valence-corrected chi connectivity index (χ2v) is 8.85. The lowest BCUT2D eigenvalue weighted by Gasteiger charge is -2.21. The molecule has 6 nitrogen and oxygen atoms in total. The predicted octanol–water partition coefficient (Wildman–Crippen LogP) is 2.82. The second kappa shape index (κ2) is 15.6. The predicted molar refractivity (Wildman–Crippen MR) is 111 cm³/mol. The maximum Gasteiger partial charge on any atom is 0.220 e. The van der Waals surface area contributed by atoms with Crippen molar-refractivity contribution in [3.8, 4) is 0 Å². The monoisotopic (exact) mass is 420 g/mol. The SMILES string of the molecule is CCC(CO)OC(CSCCC(=O)NCCSSc1ccccn1)OC. The number of aliphatic hydroxyl groups is 1. The van der Waals surface area contributed by atoms with Gasteiger partial charge >= 0.3 is 0 Å². The number of carbonyl (C=O) groups is 1. The van der Waals surface area contributed by atoms with Crippen LogP contribution in [0, 0.1) is 0 Å². The number of hydrogen-bond donors (Lipinski definition) is 2. The molecule has 1 aromatic rings. The van der Waals surface area contributed by atoms with Crippen LogP contribution in [0.25, 0.3) is 0 Å². The minimum Gasteiger partial charge on any atom is -0.394 e. The third-order valence-corrected chi connectivity index (χ3v) is 6.55. The van der Waals surface area contributed by atoms with E-state index in [1.807, 2.05) is 25.1 Å². The summed E-state index contributed by atoms with van der Waals surface area (Å²) in [6.07, 6.45) is 2.41. The Kier molecular flexibility index (Phi) is 14.1. The highest BCUT2D eigenvalue weighted by atomic mass is 33.1. The number of nitrogens with zero attached hydrogens (tertiary/aromatic N) is 1. The molecule has 1 amide bonds. The fourth-order valence-electron chi connectivity index (χ4n) is 1.81. The Hall–Kier alpha value is -0.450. The molecule has 0 aromatic carbocycles. The Morgan fingerprint density at radius 2 is 2.23 bits per heavy atom. The van der Waals surface area contributed by atoms with Crippen molar-refractivity contribution >= 4 is 39.3 Å². The average Bonchev–Trinajstić information content (AvgIpc) is 2.68. The van der Waals surface area contributed by atoms with Crippen molar-refractivity contribution in [3.05, 3.63) is 24.4 Å². The van der Waals surface area contributed by atoms with Crippen LogP contribution in [0.3, 0.4) is 0 Å². The number of aromatic nitrogens is 1. The molecular weight excluding hydrogens is 392 g/mol. The van der Waals surface area contributed by atoms with E-state index in [0.717, 1.165) is 17.2 Å². The average molecular weight is 421 g/mol. The number of thioether (sulfide) groups is 1. The van der Waals surface area contributed by atoms with Crippen LogP contribution in [0.4, 0.5) is 0 Å². The molecule has 1 rings (SSSR count). The molecule has 9 heteroatoms. The first kappa shape index (κ1) is 23.6. The largest absolute Gasteiger partial charge is 0.394 e. The number of pyridine rings is 1. The minimum absolute atomic E-state index is 0.0138. The standard InChI is InChI=1S/C17H28N2O4S3/c1-3-14(12-20)23-17(22-2)13-24-10-7-15(21)18-9-11-25-26-16-6-4-5-8-19-16/h4-6,8,14,17,20H,3,7,9-13H2,1-2H3,(H,18,21). The van der Waals surface area contributed by atoms with Crippen LogP contribution < -0.4 is 5.32 Å². The van der Waals surface area contributed by atoms with Gasteiger partial charge in [0.1, 0.15) is 5.03 Å². The zero-order valence-electron chi connectivity index (χ0n) is 15.3. The summed E-state index contributed by atoms with van der Waals surface area (Å²) in [7, 11) is 4.87. The van der Waals surface area contributed by atoms with Crippen LogP contribution in [0.5, 0.6) is 0 Å². The van der Waals surface area contributed by atoms with Crippen LogP contribution >= 0.6 is 33.3 Å². The third-order valence-electron chi connectivity index (χ3n) is 3.28.